The number of rotatable bonds is 6. The first kappa shape index (κ1) is 17.5. The Kier molecular flexibility index (Phi) is 4.38. The monoisotopic (exact) mass is 356 g/mol. The summed E-state index contributed by atoms with van der Waals surface area (Å²) in [4.78, 5) is 46.6. The van der Waals surface area contributed by atoms with Gasteiger partial charge in [-0.3, -0.25) is 24.6 Å². The van der Waals surface area contributed by atoms with Crippen molar-refractivity contribution in [2.24, 2.45) is 0 Å². The van der Waals surface area contributed by atoms with Crippen LogP contribution < -0.4 is 0 Å². The number of carbonyl (C=O) groups excluding carboxylic acids is 2. The van der Waals surface area contributed by atoms with Crippen molar-refractivity contribution in [1.29, 1.82) is 0 Å². The van der Waals surface area contributed by atoms with E-state index in [0.29, 0.717) is 4.90 Å². The maximum Gasteiger partial charge on any atom is 0.326 e. The molecule has 1 aliphatic rings. The quantitative estimate of drug-likeness (QED) is 0.427. The molecule has 10 nitrogen and oxygen atoms in total. The summed E-state index contributed by atoms with van der Waals surface area (Å²) in [6.07, 6.45) is 0.382. The first-order valence-corrected chi connectivity index (χ1v) is 8.66. The summed E-state index contributed by atoms with van der Waals surface area (Å²) in [5.74, 6) is -4.25. The van der Waals surface area contributed by atoms with E-state index in [1.807, 2.05) is 0 Å². The average Bonchev–Trinajstić information content (AvgIpc) is 2.71. The number of nitro benzene ring substituents is 1. The van der Waals surface area contributed by atoms with Crippen molar-refractivity contribution in [1.82, 2.24) is 4.90 Å². The number of aliphatic carboxylic acids is 1. The highest BCUT2D eigenvalue weighted by Gasteiger charge is 2.46. The number of hydrogen-bond donors (Lipinski definition) is 1. The maximum atomic E-state index is 12.4. The molecule has 0 spiro atoms. The number of amides is 2. The maximum absolute atomic E-state index is 12.4. The second-order valence-corrected chi connectivity index (χ2v) is 7.47. The Labute approximate surface area is 135 Å². The number of sulfone groups is 1. The van der Waals surface area contributed by atoms with E-state index in [1.54, 1.807) is 0 Å². The molecule has 128 valence electrons. The molecule has 1 N–H and O–H groups in total. The molecular formula is C13H12N2O8S. The molecule has 1 aliphatic heterocycles. The molecule has 24 heavy (non-hydrogen) atoms. The molecule has 0 saturated heterocycles. The van der Waals surface area contributed by atoms with Gasteiger partial charge in [-0.15, -0.1) is 0 Å². The molecular weight excluding hydrogens is 344 g/mol. The molecule has 0 saturated carbocycles. The van der Waals surface area contributed by atoms with E-state index in [2.05, 4.69) is 0 Å². The Morgan fingerprint density at radius 1 is 1.33 bits per heavy atom. The van der Waals surface area contributed by atoms with Gasteiger partial charge in [0.25, 0.3) is 17.5 Å². The Morgan fingerprint density at radius 3 is 2.46 bits per heavy atom. The smallest absolute Gasteiger partial charge is 0.326 e. The number of nitro groups is 1. The summed E-state index contributed by atoms with van der Waals surface area (Å²) in [6, 6.07) is 1.68. The minimum Gasteiger partial charge on any atom is -0.480 e. The number of fused-ring (bicyclic) bond motifs is 1. The van der Waals surface area contributed by atoms with Gasteiger partial charge < -0.3 is 5.11 Å². The first-order valence-electron chi connectivity index (χ1n) is 6.60. The fourth-order valence-corrected chi connectivity index (χ4v) is 3.06. The van der Waals surface area contributed by atoms with Gasteiger partial charge in [-0.05, 0) is 12.5 Å². The molecule has 1 aromatic carbocycles. The molecule has 1 atom stereocenters. The largest absolute Gasteiger partial charge is 0.480 e. The molecule has 0 aliphatic carbocycles. The molecule has 0 radical (unpaired) electrons. The first-order chi connectivity index (χ1) is 11.0. The lowest BCUT2D eigenvalue weighted by Crippen LogP contribution is -2.45. The lowest BCUT2D eigenvalue weighted by molar-refractivity contribution is -0.385. The van der Waals surface area contributed by atoms with E-state index in [1.165, 1.54) is 12.1 Å². The molecule has 0 bridgehead atoms. The normalized spacial score (nSPS) is 15.3. The molecule has 0 aromatic heterocycles. The van der Waals surface area contributed by atoms with Crippen LogP contribution in [0.4, 0.5) is 5.69 Å². The number of benzene rings is 1. The van der Waals surface area contributed by atoms with Crippen LogP contribution in [0.15, 0.2) is 18.2 Å². The fourth-order valence-electron chi connectivity index (χ4n) is 2.41. The fraction of sp³-hybridized carbons (Fsp3) is 0.308. The van der Waals surface area contributed by atoms with Gasteiger partial charge in [0.05, 0.1) is 16.2 Å². The van der Waals surface area contributed by atoms with Gasteiger partial charge >= 0.3 is 5.97 Å². The van der Waals surface area contributed by atoms with E-state index < -0.39 is 62.0 Å². The number of hydrogen-bond acceptors (Lipinski definition) is 7. The predicted molar refractivity (Wildman–Crippen MR) is 79.3 cm³/mol. The van der Waals surface area contributed by atoms with Gasteiger partial charge in [0.15, 0.2) is 0 Å². The zero-order valence-electron chi connectivity index (χ0n) is 12.3. The van der Waals surface area contributed by atoms with Crippen LogP contribution in [0.1, 0.15) is 27.1 Å². The second-order valence-electron chi connectivity index (χ2n) is 5.21. The van der Waals surface area contributed by atoms with Crippen molar-refractivity contribution in [3.8, 4) is 0 Å². The van der Waals surface area contributed by atoms with Crippen LogP contribution in [0.25, 0.3) is 0 Å². The minimum atomic E-state index is -3.53. The van der Waals surface area contributed by atoms with Gasteiger partial charge in [0, 0.05) is 12.3 Å². The SMILES string of the molecule is CS(=O)(=O)CC[C@@H](C(=O)O)N1C(=O)c2cccc([N+](=O)[O-])c2C1=O. The summed E-state index contributed by atoms with van der Waals surface area (Å²) in [6.45, 7) is 0. The van der Waals surface area contributed by atoms with Crippen LogP contribution in [0.5, 0.6) is 0 Å². The molecule has 11 heteroatoms. The van der Waals surface area contributed by atoms with E-state index in [4.69, 9.17) is 0 Å². The van der Waals surface area contributed by atoms with Crippen LogP contribution in [0, 0.1) is 10.1 Å². The van der Waals surface area contributed by atoms with Crippen LogP contribution in [0.2, 0.25) is 0 Å². The second kappa shape index (κ2) is 6.00. The Hall–Kier alpha value is -2.82. The van der Waals surface area contributed by atoms with Crippen molar-refractivity contribution in [3.05, 3.63) is 39.4 Å². The Balaban J connectivity index is 2.46. The van der Waals surface area contributed by atoms with Crippen molar-refractivity contribution < 1.29 is 32.8 Å². The van der Waals surface area contributed by atoms with E-state index in [-0.39, 0.29) is 5.56 Å². The zero-order chi connectivity index (χ0) is 18.2. The molecule has 1 heterocycles. The van der Waals surface area contributed by atoms with E-state index >= 15 is 0 Å². The van der Waals surface area contributed by atoms with Gasteiger partial charge in [0.2, 0.25) is 0 Å². The Bertz CT molecular complexity index is 861. The van der Waals surface area contributed by atoms with Crippen LogP contribution in [-0.2, 0) is 14.6 Å². The zero-order valence-corrected chi connectivity index (χ0v) is 13.1. The van der Waals surface area contributed by atoms with E-state index in [9.17, 15) is 38.0 Å². The molecule has 2 amide bonds. The van der Waals surface area contributed by atoms with Gasteiger partial charge in [0.1, 0.15) is 21.4 Å². The van der Waals surface area contributed by atoms with Crippen molar-refractivity contribution in [2.45, 2.75) is 12.5 Å². The summed E-state index contributed by atoms with van der Waals surface area (Å²) >= 11 is 0. The van der Waals surface area contributed by atoms with Crippen molar-refractivity contribution in [2.75, 3.05) is 12.0 Å². The minimum absolute atomic E-state index is 0.278. The van der Waals surface area contributed by atoms with E-state index in [0.717, 1.165) is 12.3 Å². The third-order valence-corrected chi connectivity index (χ3v) is 4.46. The van der Waals surface area contributed by atoms with Crippen LogP contribution in [0.3, 0.4) is 0 Å². The van der Waals surface area contributed by atoms with Crippen molar-refractivity contribution in [3.63, 3.8) is 0 Å². The number of imide groups is 1. The molecule has 2 rings (SSSR count). The molecule has 1 aromatic rings. The standard InChI is InChI=1S/C13H12N2O8S/c1-24(22,23)6-5-9(13(18)19)14-11(16)7-3-2-4-8(15(20)21)10(7)12(14)17/h2-4,9H,5-6H2,1H3,(H,18,19)/t9-/m0/s1. The summed E-state index contributed by atoms with van der Waals surface area (Å²) in [5.41, 5.74) is -1.38. The predicted octanol–water partition coefficient (Wildman–Crippen LogP) is 0.0787. The van der Waals surface area contributed by atoms with Gasteiger partial charge in [-0.1, -0.05) is 6.07 Å². The van der Waals surface area contributed by atoms with Crippen LogP contribution >= 0.6 is 0 Å². The lowest BCUT2D eigenvalue weighted by Gasteiger charge is -2.21. The molecule has 0 fully saturated rings. The highest BCUT2D eigenvalue weighted by atomic mass is 32.2. The Morgan fingerprint density at radius 2 is 1.96 bits per heavy atom. The van der Waals surface area contributed by atoms with Crippen molar-refractivity contribution >= 4 is 33.3 Å². The lowest BCUT2D eigenvalue weighted by atomic mass is 10.1. The topological polar surface area (TPSA) is 152 Å². The van der Waals surface area contributed by atoms with Gasteiger partial charge in [-0.25, -0.2) is 13.2 Å². The highest BCUT2D eigenvalue weighted by Crippen LogP contribution is 2.32. The van der Waals surface area contributed by atoms with Gasteiger partial charge in [-0.2, -0.15) is 0 Å². The summed E-state index contributed by atoms with van der Waals surface area (Å²) in [5, 5.41) is 20.3. The third kappa shape index (κ3) is 3.11. The third-order valence-electron chi connectivity index (χ3n) is 3.48. The highest BCUT2D eigenvalue weighted by molar-refractivity contribution is 7.90. The number of nitrogens with zero attached hydrogens (tertiary/aromatic N) is 2. The number of carboxylic acids is 1. The summed E-state index contributed by atoms with van der Waals surface area (Å²) in [7, 11) is -3.53. The molecule has 0 unspecified atom stereocenters. The average molecular weight is 356 g/mol. The summed E-state index contributed by atoms with van der Waals surface area (Å²) < 4.78 is 22.5. The van der Waals surface area contributed by atoms with Crippen LogP contribution in [-0.4, -0.2) is 59.2 Å². The number of carboxylic acid groups (broad SMARTS) is 1. The number of carbonyl (C=O) groups is 3.